The lowest BCUT2D eigenvalue weighted by atomic mass is 9.88. The van der Waals surface area contributed by atoms with Crippen molar-refractivity contribution in [3.8, 4) is 0 Å². The van der Waals surface area contributed by atoms with Gasteiger partial charge in [0, 0.05) is 28.6 Å². The Morgan fingerprint density at radius 2 is 2.10 bits per heavy atom. The molecule has 0 bridgehead atoms. The van der Waals surface area contributed by atoms with Crippen LogP contribution in [0.5, 0.6) is 0 Å². The number of hydrogen-bond donors (Lipinski definition) is 1. The molecule has 2 aromatic rings. The van der Waals surface area contributed by atoms with Gasteiger partial charge in [0.15, 0.2) is 0 Å². The molecule has 1 N–H and O–H groups in total. The molecule has 2 atom stereocenters. The molecule has 4 heteroatoms. The summed E-state index contributed by atoms with van der Waals surface area (Å²) in [4.78, 5) is 14.8. The van der Waals surface area contributed by atoms with E-state index in [-0.39, 0.29) is 5.91 Å². The molecule has 3 nitrogen and oxygen atoms in total. The summed E-state index contributed by atoms with van der Waals surface area (Å²) in [6.07, 6.45) is 1.14. The Morgan fingerprint density at radius 3 is 3.05 bits per heavy atom. The molecule has 4 rings (SSSR count). The van der Waals surface area contributed by atoms with Crippen LogP contribution in [0.2, 0.25) is 0 Å². The number of amides is 1. The molecule has 2 saturated heterocycles. The summed E-state index contributed by atoms with van der Waals surface area (Å²) in [5, 5.41) is 6.58. The highest BCUT2D eigenvalue weighted by atomic mass is 32.1. The van der Waals surface area contributed by atoms with Crippen molar-refractivity contribution < 1.29 is 4.79 Å². The number of carbonyl (C=O) groups is 1. The second-order valence-electron chi connectivity index (χ2n) is 5.86. The lowest BCUT2D eigenvalue weighted by Gasteiger charge is -2.34. The van der Waals surface area contributed by atoms with Gasteiger partial charge in [-0.1, -0.05) is 18.2 Å². The predicted octanol–water partition coefficient (Wildman–Crippen LogP) is 2.58. The number of benzene rings is 1. The molecule has 2 aliphatic heterocycles. The Hall–Kier alpha value is -1.39. The summed E-state index contributed by atoms with van der Waals surface area (Å²) in [6.45, 7) is 4.03. The molecule has 1 aromatic heterocycles. The summed E-state index contributed by atoms with van der Waals surface area (Å²) < 4.78 is 1.20. The van der Waals surface area contributed by atoms with Gasteiger partial charge in [-0.05, 0) is 37.4 Å². The highest BCUT2D eigenvalue weighted by molar-refractivity contribution is 7.17. The quantitative estimate of drug-likeness (QED) is 0.874. The Bertz CT molecular complexity index is 651. The van der Waals surface area contributed by atoms with Crippen molar-refractivity contribution in [2.45, 2.75) is 6.42 Å². The molecule has 3 heterocycles. The van der Waals surface area contributed by atoms with Crippen molar-refractivity contribution in [1.82, 2.24) is 10.2 Å². The van der Waals surface area contributed by atoms with E-state index in [4.69, 9.17) is 0 Å². The second-order valence-corrected chi connectivity index (χ2v) is 6.78. The van der Waals surface area contributed by atoms with Gasteiger partial charge in [-0.3, -0.25) is 4.79 Å². The Kier molecular flexibility index (Phi) is 3.00. The van der Waals surface area contributed by atoms with Gasteiger partial charge in [0.2, 0.25) is 0 Å². The molecule has 0 saturated carbocycles. The zero-order valence-electron chi connectivity index (χ0n) is 11.3. The fourth-order valence-corrected chi connectivity index (χ4v) is 4.47. The SMILES string of the molecule is O=C(c1csc2ccccc12)N1CCC2CNCC2C1. The summed E-state index contributed by atoms with van der Waals surface area (Å²) in [6, 6.07) is 8.19. The number of nitrogens with zero attached hydrogens (tertiary/aromatic N) is 1. The van der Waals surface area contributed by atoms with Crippen LogP contribution < -0.4 is 5.32 Å². The fraction of sp³-hybridized carbons (Fsp3) is 0.438. The number of likely N-dealkylation sites (tertiary alicyclic amines) is 1. The van der Waals surface area contributed by atoms with Gasteiger partial charge in [-0.15, -0.1) is 11.3 Å². The van der Waals surface area contributed by atoms with Crippen LogP contribution >= 0.6 is 11.3 Å². The molecule has 1 aromatic carbocycles. The normalized spacial score (nSPS) is 25.9. The number of nitrogens with one attached hydrogen (secondary N) is 1. The van der Waals surface area contributed by atoms with E-state index in [1.165, 1.54) is 4.70 Å². The van der Waals surface area contributed by atoms with E-state index >= 15 is 0 Å². The van der Waals surface area contributed by atoms with Crippen molar-refractivity contribution in [1.29, 1.82) is 0 Å². The van der Waals surface area contributed by atoms with Crippen LogP contribution in [0.4, 0.5) is 0 Å². The van der Waals surface area contributed by atoms with E-state index in [0.29, 0.717) is 5.92 Å². The van der Waals surface area contributed by atoms with Crippen LogP contribution in [0.15, 0.2) is 29.6 Å². The number of thiophene rings is 1. The highest BCUT2D eigenvalue weighted by Gasteiger charge is 2.35. The van der Waals surface area contributed by atoms with Crippen molar-refractivity contribution >= 4 is 27.3 Å². The number of rotatable bonds is 1. The van der Waals surface area contributed by atoms with E-state index in [9.17, 15) is 4.79 Å². The van der Waals surface area contributed by atoms with E-state index < -0.39 is 0 Å². The molecule has 2 aliphatic rings. The number of piperidine rings is 1. The summed E-state index contributed by atoms with van der Waals surface area (Å²) >= 11 is 1.67. The van der Waals surface area contributed by atoms with Crippen LogP contribution in [0, 0.1) is 11.8 Å². The minimum Gasteiger partial charge on any atom is -0.338 e. The zero-order valence-corrected chi connectivity index (χ0v) is 12.2. The Labute approximate surface area is 122 Å². The number of carbonyl (C=O) groups excluding carboxylic acids is 1. The zero-order chi connectivity index (χ0) is 13.5. The van der Waals surface area contributed by atoms with Gasteiger partial charge >= 0.3 is 0 Å². The van der Waals surface area contributed by atoms with Crippen LogP contribution in [0.25, 0.3) is 10.1 Å². The van der Waals surface area contributed by atoms with Crippen molar-refractivity contribution in [2.75, 3.05) is 26.2 Å². The Balaban J connectivity index is 1.61. The van der Waals surface area contributed by atoms with Crippen LogP contribution in [0.1, 0.15) is 16.8 Å². The Morgan fingerprint density at radius 1 is 1.25 bits per heavy atom. The summed E-state index contributed by atoms with van der Waals surface area (Å²) in [5.74, 6) is 1.64. The van der Waals surface area contributed by atoms with E-state index in [2.05, 4.69) is 22.3 Å². The van der Waals surface area contributed by atoms with E-state index in [1.54, 1.807) is 11.3 Å². The molecule has 0 spiro atoms. The molecule has 104 valence electrons. The van der Waals surface area contributed by atoms with Crippen LogP contribution in [0.3, 0.4) is 0 Å². The second kappa shape index (κ2) is 4.86. The first-order chi connectivity index (χ1) is 9.83. The van der Waals surface area contributed by atoms with E-state index in [1.807, 2.05) is 17.5 Å². The molecular formula is C16H18N2OS. The van der Waals surface area contributed by atoms with Gasteiger partial charge in [0.05, 0.1) is 5.56 Å². The standard InChI is InChI=1S/C16H18N2OS/c19-16(14-10-20-15-4-2-1-3-13(14)15)18-6-5-11-7-17-8-12(11)9-18/h1-4,10-12,17H,5-9H2. The fourth-order valence-electron chi connectivity index (χ4n) is 3.53. The molecule has 0 radical (unpaired) electrons. The molecule has 20 heavy (non-hydrogen) atoms. The molecule has 1 amide bonds. The largest absolute Gasteiger partial charge is 0.338 e. The van der Waals surface area contributed by atoms with E-state index in [0.717, 1.165) is 49.5 Å². The van der Waals surface area contributed by atoms with Crippen molar-refractivity contribution in [3.63, 3.8) is 0 Å². The van der Waals surface area contributed by atoms with Gasteiger partial charge in [-0.25, -0.2) is 0 Å². The van der Waals surface area contributed by atoms with Crippen molar-refractivity contribution in [3.05, 3.63) is 35.2 Å². The van der Waals surface area contributed by atoms with Gasteiger partial charge in [0.25, 0.3) is 5.91 Å². The third-order valence-electron chi connectivity index (χ3n) is 4.70. The van der Waals surface area contributed by atoms with Gasteiger partial charge in [-0.2, -0.15) is 0 Å². The average Bonchev–Trinajstić information content (AvgIpc) is 3.12. The minimum absolute atomic E-state index is 0.216. The maximum atomic E-state index is 12.8. The topological polar surface area (TPSA) is 32.3 Å². The van der Waals surface area contributed by atoms with Gasteiger partial charge < -0.3 is 10.2 Å². The first-order valence-electron chi connectivity index (χ1n) is 7.29. The average molecular weight is 286 g/mol. The maximum Gasteiger partial charge on any atom is 0.255 e. The molecule has 2 unspecified atom stereocenters. The number of hydrogen-bond acceptors (Lipinski definition) is 3. The smallest absolute Gasteiger partial charge is 0.255 e. The third kappa shape index (κ3) is 1.95. The first kappa shape index (κ1) is 12.4. The first-order valence-corrected chi connectivity index (χ1v) is 8.17. The predicted molar refractivity (Wildman–Crippen MR) is 82.2 cm³/mol. The number of fused-ring (bicyclic) bond motifs is 2. The molecular weight excluding hydrogens is 268 g/mol. The van der Waals surface area contributed by atoms with Gasteiger partial charge in [0.1, 0.15) is 0 Å². The molecule has 0 aliphatic carbocycles. The monoisotopic (exact) mass is 286 g/mol. The summed E-state index contributed by atoms with van der Waals surface area (Å²) in [5.41, 5.74) is 0.884. The minimum atomic E-state index is 0.216. The van der Waals surface area contributed by atoms with Crippen molar-refractivity contribution in [2.24, 2.45) is 11.8 Å². The lowest BCUT2D eigenvalue weighted by molar-refractivity contribution is 0.0645. The molecule has 2 fully saturated rings. The highest BCUT2D eigenvalue weighted by Crippen LogP contribution is 2.30. The lowest BCUT2D eigenvalue weighted by Crippen LogP contribution is -2.43. The third-order valence-corrected chi connectivity index (χ3v) is 5.67. The van der Waals surface area contributed by atoms with Crippen LogP contribution in [-0.2, 0) is 0 Å². The maximum absolute atomic E-state index is 12.8. The van der Waals surface area contributed by atoms with Crippen LogP contribution in [-0.4, -0.2) is 37.0 Å². The summed E-state index contributed by atoms with van der Waals surface area (Å²) in [7, 11) is 0.